The Labute approximate surface area is 149 Å². The zero-order chi connectivity index (χ0) is 18.3. The van der Waals surface area contributed by atoms with Gasteiger partial charge in [-0.3, -0.25) is 19.3 Å². The Hall–Kier alpha value is -3.61. The van der Waals surface area contributed by atoms with Crippen LogP contribution in [0.25, 0.3) is 28.2 Å². The molecule has 0 radical (unpaired) electrons. The van der Waals surface area contributed by atoms with Crippen LogP contribution in [0.2, 0.25) is 0 Å². The maximum Gasteiger partial charge on any atom is 0.254 e. The predicted octanol–water partition coefficient (Wildman–Crippen LogP) is 2.59. The van der Waals surface area contributed by atoms with Gasteiger partial charge in [-0.05, 0) is 37.6 Å². The number of amides is 1. The minimum atomic E-state index is -0.575. The van der Waals surface area contributed by atoms with E-state index in [1.807, 2.05) is 42.0 Å². The molecule has 0 aliphatic heterocycles. The Morgan fingerprint density at radius 2 is 1.96 bits per heavy atom. The lowest BCUT2D eigenvalue weighted by Gasteiger charge is -2.12. The zero-order valence-electron chi connectivity index (χ0n) is 14.3. The summed E-state index contributed by atoms with van der Waals surface area (Å²) in [5.41, 5.74) is 8.94. The highest BCUT2D eigenvalue weighted by Gasteiger charge is 2.21. The van der Waals surface area contributed by atoms with Crippen LogP contribution in [0.4, 0.5) is 0 Å². The second-order valence-corrected chi connectivity index (χ2v) is 5.99. The van der Waals surface area contributed by atoms with E-state index >= 15 is 0 Å². The molecule has 26 heavy (non-hydrogen) atoms. The summed E-state index contributed by atoms with van der Waals surface area (Å²) in [5.74, 6) is 0.289. The quantitative estimate of drug-likeness (QED) is 0.616. The Morgan fingerprint density at radius 3 is 2.69 bits per heavy atom. The van der Waals surface area contributed by atoms with Gasteiger partial charge < -0.3 is 5.73 Å². The molecule has 1 amide bonds. The first-order chi connectivity index (χ1) is 12.6. The number of hydrogen-bond donors (Lipinski definition) is 1. The number of pyridine rings is 2. The molecule has 128 valence electrons. The Kier molecular flexibility index (Phi) is 3.69. The van der Waals surface area contributed by atoms with Crippen LogP contribution < -0.4 is 5.73 Å². The van der Waals surface area contributed by atoms with E-state index in [0.717, 1.165) is 16.5 Å². The number of aryl methyl sites for hydroxylation is 2. The topological polar surface area (TPSA) is 99.6 Å². The lowest BCUT2D eigenvalue weighted by Crippen LogP contribution is -2.19. The lowest BCUT2D eigenvalue weighted by molar-refractivity contribution is 0.0999. The lowest BCUT2D eigenvalue weighted by atomic mass is 10.2. The number of carbonyl (C=O) groups is 1. The van der Waals surface area contributed by atoms with E-state index in [0.29, 0.717) is 23.0 Å². The second-order valence-electron chi connectivity index (χ2n) is 5.99. The molecule has 0 fully saturated rings. The average Bonchev–Trinajstić information content (AvgIpc) is 2.98. The Morgan fingerprint density at radius 1 is 1.12 bits per heavy atom. The Balaban J connectivity index is 2.05. The molecule has 0 saturated heterocycles. The molecule has 7 nitrogen and oxygen atoms in total. The van der Waals surface area contributed by atoms with Crippen LogP contribution >= 0.6 is 0 Å². The first kappa shape index (κ1) is 15.9. The van der Waals surface area contributed by atoms with Gasteiger partial charge in [-0.1, -0.05) is 6.07 Å². The van der Waals surface area contributed by atoms with Crippen molar-refractivity contribution in [3.05, 3.63) is 65.9 Å². The molecule has 4 rings (SSSR count). The van der Waals surface area contributed by atoms with E-state index in [1.165, 1.54) is 0 Å². The predicted molar refractivity (Wildman–Crippen MR) is 97.9 cm³/mol. The van der Waals surface area contributed by atoms with Crippen molar-refractivity contribution in [1.82, 2.24) is 24.5 Å². The van der Waals surface area contributed by atoms with Crippen molar-refractivity contribution in [1.29, 1.82) is 0 Å². The largest absolute Gasteiger partial charge is 0.365 e. The fraction of sp³-hybridized carbons (Fsp3) is 0.105. The summed E-state index contributed by atoms with van der Waals surface area (Å²) >= 11 is 0. The second kappa shape index (κ2) is 6.03. The maximum atomic E-state index is 12.1. The van der Waals surface area contributed by atoms with Crippen molar-refractivity contribution in [3.63, 3.8) is 0 Å². The van der Waals surface area contributed by atoms with Crippen LogP contribution in [0.1, 0.15) is 21.6 Å². The van der Waals surface area contributed by atoms with Crippen molar-refractivity contribution < 1.29 is 4.79 Å². The summed E-state index contributed by atoms with van der Waals surface area (Å²) in [5, 5.41) is 1.03. The van der Waals surface area contributed by atoms with E-state index in [1.54, 1.807) is 25.5 Å². The number of nitrogens with zero attached hydrogens (tertiary/aromatic N) is 5. The number of fused-ring (bicyclic) bond motifs is 1. The smallest absolute Gasteiger partial charge is 0.254 e. The van der Waals surface area contributed by atoms with Gasteiger partial charge in [0.05, 0.1) is 17.4 Å². The molecule has 0 aliphatic carbocycles. The number of hydrogen-bond acceptors (Lipinski definition) is 5. The Bertz CT molecular complexity index is 1130. The number of aromatic nitrogens is 5. The minimum absolute atomic E-state index is 0.283. The standard InChI is InChI=1S/C19H16N6O/c1-11-10-25(15-9-21-8-6-13(11)15)19-16(17(20)26)12(2)23-18(24-19)14-5-3-4-7-22-14/h3-10H,1-2H3,(H2,20,26). The normalized spacial score (nSPS) is 11.0. The van der Waals surface area contributed by atoms with Gasteiger partial charge in [0.2, 0.25) is 0 Å². The third-order valence-electron chi connectivity index (χ3n) is 4.25. The summed E-state index contributed by atoms with van der Waals surface area (Å²) in [4.78, 5) is 29.7. The van der Waals surface area contributed by atoms with Gasteiger partial charge in [0.25, 0.3) is 5.91 Å². The van der Waals surface area contributed by atoms with E-state index in [2.05, 4.69) is 19.9 Å². The molecule has 0 aromatic carbocycles. The summed E-state index contributed by atoms with van der Waals surface area (Å²) in [6.07, 6.45) is 7.07. The molecular formula is C19H16N6O. The van der Waals surface area contributed by atoms with Gasteiger partial charge in [0.1, 0.15) is 11.3 Å². The minimum Gasteiger partial charge on any atom is -0.365 e. The molecule has 0 spiro atoms. The third-order valence-corrected chi connectivity index (χ3v) is 4.25. The van der Waals surface area contributed by atoms with E-state index in [4.69, 9.17) is 5.73 Å². The maximum absolute atomic E-state index is 12.1. The zero-order valence-corrected chi connectivity index (χ0v) is 14.3. The molecule has 4 aromatic rings. The van der Waals surface area contributed by atoms with Gasteiger partial charge in [-0.15, -0.1) is 0 Å². The number of primary amides is 1. The van der Waals surface area contributed by atoms with Gasteiger partial charge in [-0.25, -0.2) is 9.97 Å². The summed E-state index contributed by atoms with van der Waals surface area (Å²) < 4.78 is 1.83. The third kappa shape index (κ3) is 2.50. The van der Waals surface area contributed by atoms with Crippen molar-refractivity contribution in [2.24, 2.45) is 5.73 Å². The molecule has 0 saturated carbocycles. The van der Waals surface area contributed by atoms with Gasteiger partial charge in [-0.2, -0.15) is 0 Å². The van der Waals surface area contributed by atoms with Crippen LogP contribution in [-0.4, -0.2) is 30.4 Å². The molecule has 0 unspecified atom stereocenters. The van der Waals surface area contributed by atoms with Crippen LogP contribution in [0, 0.1) is 13.8 Å². The first-order valence-corrected chi connectivity index (χ1v) is 8.08. The molecule has 7 heteroatoms. The molecule has 4 aromatic heterocycles. The van der Waals surface area contributed by atoms with Crippen LogP contribution in [-0.2, 0) is 0 Å². The molecule has 0 aliphatic rings. The SMILES string of the molecule is Cc1nc(-c2ccccn2)nc(-n2cc(C)c3ccncc32)c1C(N)=O. The van der Waals surface area contributed by atoms with E-state index in [-0.39, 0.29) is 5.56 Å². The highest BCUT2D eigenvalue weighted by Crippen LogP contribution is 2.26. The highest BCUT2D eigenvalue weighted by atomic mass is 16.1. The molecule has 4 heterocycles. The molecule has 2 N–H and O–H groups in total. The fourth-order valence-electron chi connectivity index (χ4n) is 3.05. The highest BCUT2D eigenvalue weighted by molar-refractivity contribution is 5.98. The summed E-state index contributed by atoms with van der Waals surface area (Å²) in [6, 6.07) is 7.44. The van der Waals surface area contributed by atoms with Crippen molar-refractivity contribution in [2.75, 3.05) is 0 Å². The summed E-state index contributed by atoms with van der Waals surface area (Å²) in [6.45, 7) is 3.74. The van der Waals surface area contributed by atoms with Crippen molar-refractivity contribution in [3.8, 4) is 17.3 Å². The van der Waals surface area contributed by atoms with E-state index < -0.39 is 5.91 Å². The first-order valence-electron chi connectivity index (χ1n) is 8.08. The molecule has 0 atom stereocenters. The number of nitrogens with two attached hydrogens (primary N) is 1. The van der Waals surface area contributed by atoms with Crippen LogP contribution in [0.3, 0.4) is 0 Å². The van der Waals surface area contributed by atoms with E-state index in [9.17, 15) is 4.79 Å². The van der Waals surface area contributed by atoms with Crippen LogP contribution in [0.15, 0.2) is 49.1 Å². The van der Waals surface area contributed by atoms with Crippen molar-refractivity contribution in [2.45, 2.75) is 13.8 Å². The average molecular weight is 344 g/mol. The van der Waals surface area contributed by atoms with Gasteiger partial charge >= 0.3 is 0 Å². The van der Waals surface area contributed by atoms with Crippen LogP contribution in [0.5, 0.6) is 0 Å². The van der Waals surface area contributed by atoms with Gasteiger partial charge in [0.15, 0.2) is 11.6 Å². The monoisotopic (exact) mass is 344 g/mol. The fourth-order valence-corrected chi connectivity index (χ4v) is 3.05. The number of carbonyl (C=O) groups excluding carboxylic acids is 1. The number of rotatable bonds is 3. The summed E-state index contributed by atoms with van der Waals surface area (Å²) in [7, 11) is 0. The van der Waals surface area contributed by atoms with Gasteiger partial charge in [0, 0.05) is 24.0 Å². The molecule has 0 bridgehead atoms. The molecular weight excluding hydrogens is 328 g/mol. The van der Waals surface area contributed by atoms with Crippen molar-refractivity contribution >= 4 is 16.8 Å².